The van der Waals surface area contributed by atoms with E-state index in [2.05, 4.69) is 10.2 Å². The molecule has 9 heteroatoms. The number of carbonyl (C=O) groups excluding carboxylic acids is 2. The number of aromatic nitrogens is 2. The fourth-order valence-corrected chi connectivity index (χ4v) is 3.87. The second-order valence-electron chi connectivity index (χ2n) is 7.44. The Hall–Kier alpha value is -3.10. The SMILES string of the molecule is Cc1nnc(-c2ccc(N3CCC(O)(C(=O)CCc4cc(F)cc(Cl)c4)C3=O)cc2)o1. The van der Waals surface area contributed by atoms with E-state index in [1.807, 2.05) is 0 Å². The average Bonchev–Trinajstić information content (AvgIpc) is 3.30. The van der Waals surface area contributed by atoms with Crippen molar-refractivity contribution < 1.29 is 23.5 Å². The van der Waals surface area contributed by atoms with Crippen molar-refractivity contribution in [2.75, 3.05) is 11.4 Å². The molecule has 7 nitrogen and oxygen atoms in total. The van der Waals surface area contributed by atoms with Crippen LogP contribution in [0.1, 0.15) is 24.3 Å². The van der Waals surface area contributed by atoms with Gasteiger partial charge in [-0.05, 0) is 54.4 Å². The van der Waals surface area contributed by atoms with Gasteiger partial charge >= 0.3 is 0 Å². The lowest BCUT2D eigenvalue weighted by Gasteiger charge is -2.21. The van der Waals surface area contributed by atoms with Crippen molar-refractivity contribution in [3.8, 4) is 11.5 Å². The average molecular weight is 444 g/mol. The third-order valence-electron chi connectivity index (χ3n) is 5.27. The van der Waals surface area contributed by atoms with Gasteiger partial charge in [0.1, 0.15) is 5.82 Å². The number of rotatable bonds is 6. The van der Waals surface area contributed by atoms with Crippen LogP contribution in [-0.4, -0.2) is 39.1 Å². The third-order valence-corrected chi connectivity index (χ3v) is 5.49. The highest BCUT2D eigenvalue weighted by molar-refractivity contribution is 6.30. The number of amides is 1. The van der Waals surface area contributed by atoms with Crippen LogP contribution in [0.5, 0.6) is 0 Å². The fourth-order valence-electron chi connectivity index (χ4n) is 3.63. The molecule has 1 atom stereocenters. The smallest absolute Gasteiger partial charge is 0.266 e. The van der Waals surface area contributed by atoms with Gasteiger partial charge in [-0.25, -0.2) is 4.39 Å². The van der Waals surface area contributed by atoms with E-state index in [-0.39, 0.29) is 30.8 Å². The second-order valence-corrected chi connectivity index (χ2v) is 7.88. The Balaban J connectivity index is 1.45. The molecule has 3 aromatic rings. The monoisotopic (exact) mass is 443 g/mol. The second kappa shape index (κ2) is 8.20. The number of benzene rings is 2. The minimum absolute atomic E-state index is 0.0147. The zero-order valence-corrected chi connectivity index (χ0v) is 17.4. The normalized spacial score (nSPS) is 18.6. The Morgan fingerprint density at radius 3 is 2.65 bits per heavy atom. The first-order valence-electron chi connectivity index (χ1n) is 9.69. The Morgan fingerprint density at radius 2 is 2.00 bits per heavy atom. The van der Waals surface area contributed by atoms with Gasteiger partial charge in [0.2, 0.25) is 17.4 Å². The number of aliphatic hydroxyl groups is 1. The van der Waals surface area contributed by atoms with Crippen LogP contribution < -0.4 is 4.90 Å². The van der Waals surface area contributed by atoms with Gasteiger partial charge in [0.05, 0.1) is 0 Å². The van der Waals surface area contributed by atoms with Crippen LogP contribution >= 0.6 is 11.6 Å². The van der Waals surface area contributed by atoms with Gasteiger partial charge in [-0.3, -0.25) is 9.59 Å². The molecule has 31 heavy (non-hydrogen) atoms. The Bertz CT molecular complexity index is 1130. The third kappa shape index (κ3) is 4.22. The standard InChI is InChI=1S/C22H19ClFN3O4/c1-13-25-26-20(31-13)15-3-5-18(6-4-15)27-9-8-22(30,21(27)29)19(28)7-2-14-10-16(23)12-17(24)11-14/h3-6,10-12,30H,2,7-9H2,1H3. The van der Waals surface area contributed by atoms with Crippen LogP contribution in [0.25, 0.3) is 11.5 Å². The number of ketones is 1. The largest absolute Gasteiger partial charge is 0.421 e. The van der Waals surface area contributed by atoms with E-state index in [1.54, 1.807) is 37.3 Å². The van der Waals surface area contributed by atoms with Crippen LogP contribution in [0.4, 0.5) is 10.1 Å². The van der Waals surface area contributed by atoms with E-state index in [0.29, 0.717) is 28.6 Å². The maximum absolute atomic E-state index is 13.5. The number of hydrogen-bond acceptors (Lipinski definition) is 6. The molecule has 1 aliphatic heterocycles. The van der Waals surface area contributed by atoms with Crippen LogP contribution in [0.15, 0.2) is 46.9 Å². The molecule has 4 rings (SSSR count). The van der Waals surface area contributed by atoms with Crippen molar-refractivity contribution in [1.82, 2.24) is 10.2 Å². The van der Waals surface area contributed by atoms with E-state index in [4.69, 9.17) is 16.0 Å². The van der Waals surface area contributed by atoms with Crippen LogP contribution in [-0.2, 0) is 16.0 Å². The number of Topliss-reactive ketones (excluding diaryl/α,β-unsaturated/α-hetero) is 1. The lowest BCUT2D eigenvalue weighted by atomic mass is 9.92. The molecule has 0 spiro atoms. The maximum Gasteiger partial charge on any atom is 0.266 e. The minimum atomic E-state index is -2.10. The zero-order chi connectivity index (χ0) is 22.2. The molecule has 0 aliphatic carbocycles. The summed E-state index contributed by atoms with van der Waals surface area (Å²) in [5.41, 5.74) is -0.336. The van der Waals surface area contributed by atoms with Gasteiger partial charge in [0, 0.05) is 42.6 Å². The summed E-state index contributed by atoms with van der Waals surface area (Å²) in [4.78, 5) is 26.9. The fraction of sp³-hybridized carbons (Fsp3) is 0.273. The molecule has 0 radical (unpaired) electrons. The summed E-state index contributed by atoms with van der Waals surface area (Å²) < 4.78 is 18.9. The van der Waals surface area contributed by atoms with Crippen LogP contribution in [0.2, 0.25) is 5.02 Å². The number of halogens is 2. The molecular formula is C22H19ClFN3O4. The summed E-state index contributed by atoms with van der Waals surface area (Å²) in [6.45, 7) is 1.89. The summed E-state index contributed by atoms with van der Waals surface area (Å²) in [6, 6.07) is 10.8. The number of carbonyl (C=O) groups is 2. The van der Waals surface area contributed by atoms with Crippen molar-refractivity contribution in [3.05, 3.63) is 64.8 Å². The van der Waals surface area contributed by atoms with E-state index < -0.39 is 23.1 Å². The van der Waals surface area contributed by atoms with Crippen molar-refractivity contribution in [2.24, 2.45) is 0 Å². The summed E-state index contributed by atoms with van der Waals surface area (Å²) in [5.74, 6) is -0.968. The predicted molar refractivity (Wildman–Crippen MR) is 111 cm³/mol. The minimum Gasteiger partial charge on any atom is -0.421 e. The van der Waals surface area contributed by atoms with E-state index in [0.717, 1.165) is 0 Å². The van der Waals surface area contributed by atoms with Gasteiger partial charge < -0.3 is 14.4 Å². The molecule has 1 unspecified atom stereocenters. The van der Waals surface area contributed by atoms with Gasteiger partial charge in [0.15, 0.2) is 5.78 Å². The summed E-state index contributed by atoms with van der Waals surface area (Å²) >= 11 is 5.83. The van der Waals surface area contributed by atoms with Crippen LogP contribution in [0, 0.1) is 12.7 Å². The molecule has 1 aromatic heterocycles. The first-order chi connectivity index (χ1) is 14.8. The topological polar surface area (TPSA) is 96.5 Å². The molecule has 0 saturated carbocycles. The van der Waals surface area contributed by atoms with Crippen molar-refractivity contribution in [3.63, 3.8) is 0 Å². The predicted octanol–water partition coefficient (Wildman–Crippen LogP) is 3.51. The molecule has 1 fully saturated rings. The lowest BCUT2D eigenvalue weighted by Crippen LogP contribution is -2.47. The molecule has 1 amide bonds. The first-order valence-corrected chi connectivity index (χ1v) is 10.1. The number of aryl methyl sites for hydroxylation is 2. The van der Waals surface area contributed by atoms with E-state index >= 15 is 0 Å². The summed E-state index contributed by atoms with van der Waals surface area (Å²) in [7, 11) is 0. The summed E-state index contributed by atoms with van der Waals surface area (Å²) in [5, 5.41) is 18.8. The molecule has 1 N–H and O–H groups in total. The number of hydrogen-bond donors (Lipinski definition) is 1. The highest BCUT2D eigenvalue weighted by atomic mass is 35.5. The summed E-state index contributed by atoms with van der Waals surface area (Å²) in [6.07, 6.45) is 0.0503. The van der Waals surface area contributed by atoms with Crippen molar-refractivity contribution in [2.45, 2.75) is 31.8 Å². The Morgan fingerprint density at radius 1 is 1.26 bits per heavy atom. The number of nitrogens with zero attached hydrogens (tertiary/aromatic N) is 3. The highest BCUT2D eigenvalue weighted by Crippen LogP contribution is 2.31. The quantitative estimate of drug-likeness (QED) is 0.585. The van der Waals surface area contributed by atoms with Gasteiger partial charge in [-0.2, -0.15) is 0 Å². The molecule has 160 valence electrons. The molecule has 2 aromatic carbocycles. The van der Waals surface area contributed by atoms with Crippen LogP contribution in [0.3, 0.4) is 0 Å². The molecule has 0 bridgehead atoms. The lowest BCUT2D eigenvalue weighted by molar-refractivity contribution is -0.147. The molecular weight excluding hydrogens is 425 g/mol. The molecule has 1 aliphatic rings. The number of anilines is 1. The van der Waals surface area contributed by atoms with Gasteiger partial charge in [-0.1, -0.05) is 11.6 Å². The Kier molecular flexibility index (Phi) is 5.60. The molecule has 2 heterocycles. The highest BCUT2D eigenvalue weighted by Gasteiger charge is 2.50. The van der Waals surface area contributed by atoms with Gasteiger partial charge in [-0.15, -0.1) is 10.2 Å². The molecule has 1 saturated heterocycles. The van der Waals surface area contributed by atoms with Crippen molar-refractivity contribution in [1.29, 1.82) is 0 Å². The van der Waals surface area contributed by atoms with Gasteiger partial charge in [0.25, 0.3) is 5.91 Å². The van der Waals surface area contributed by atoms with Crippen molar-refractivity contribution >= 4 is 29.0 Å². The Labute approximate surface area is 182 Å². The zero-order valence-electron chi connectivity index (χ0n) is 16.6. The van der Waals surface area contributed by atoms with E-state index in [1.165, 1.54) is 17.0 Å². The first kappa shape index (κ1) is 21.1. The maximum atomic E-state index is 13.5. The van der Waals surface area contributed by atoms with E-state index in [9.17, 15) is 19.1 Å².